The molecule has 1 aromatic carbocycles. The van der Waals surface area contributed by atoms with E-state index in [-0.39, 0.29) is 12.4 Å². The average Bonchev–Trinajstić information content (AvgIpc) is 3.16. The molecule has 2 aromatic rings. The van der Waals surface area contributed by atoms with Gasteiger partial charge in [0.15, 0.2) is 0 Å². The number of rotatable bonds is 4. The third-order valence-electron chi connectivity index (χ3n) is 3.28. The van der Waals surface area contributed by atoms with Crippen LogP contribution in [0.1, 0.15) is 32.5 Å². The van der Waals surface area contributed by atoms with Crippen molar-refractivity contribution >= 4 is 11.0 Å². The average molecular weight is 284 g/mol. The molecule has 0 atom stereocenters. The van der Waals surface area contributed by atoms with Crippen LogP contribution >= 0.6 is 0 Å². The Morgan fingerprint density at radius 1 is 1.30 bits per heavy atom. The van der Waals surface area contributed by atoms with Crippen LogP contribution in [0.2, 0.25) is 0 Å². The quantitative estimate of drug-likeness (QED) is 0.812. The van der Waals surface area contributed by atoms with E-state index in [9.17, 15) is 13.2 Å². The van der Waals surface area contributed by atoms with Crippen LogP contribution in [-0.4, -0.2) is 16.0 Å². The van der Waals surface area contributed by atoms with Gasteiger partial charge in [0.25, 0.3) is 6.43 Å². The zero-order valence-corrected chi connectivity index (χ0v) is 11.7. The molecule has 3 rings (SSSR count). The normalized spacial score (nSPS) is 14.5. The lowest BCUT2D eigenvalue weighted by Crippen LogP contribution is -2.10. The third kappa shape index (κ3) is 3.32. The second-order valence-corrected chi connectivity index (χ2v) is 4.81. The minimum atomic E-state index is -2.43. The Balaban J connectivity index is 0.000000704. The van der Waals surface area contributed by atoms with Gasteiger partial charge in [-0.25, -0.2) is 18.2 Å². The fourth-order valence-electron chi connectivity index (χ4n) is 2.23. The molecule has 0 unspecified atom stereocenters. The molecule has 20 heavy (non-hydrogen) atoms. The van der Waals surface area contributed by atoms with Crippen molar-refractivity contribution in [2.45, 2.75) is 46.1 Å². The fraction of sp³-hybridized carbons (Fsp3) is 0.533. The predicted molar refractivity (Wildman–Crippen MR) is 73.5 cm³/mol. The molecule has 0 bridgehead atoms. The fourth-order valence-corrected chi connectivity index (χ4v) is 2.23. The van der Waals surface area contributed by atoms with Crippen molar-refractivity contribution < 1.29 is 13.2 Å². The van der Waals surface area contributed by atoms with E-state index < -0.39 is 6.43 Å². The van der Waals surface area contributed by atoms with Gasteiger partial charge in [-0.15, -0.1) is 0 Å². The Labute approximate surface area is 116 Å². The largest absolute Gasteiger partial charge is 0.322 e. The summed E-state index contributed by atoms with van der Waals surface area (Å²) in [5.74, 6) is 0.823. The molecule has 2 nitrogen and oxygen atoms in total. The summed E-state index contributed by atoms with van der Waals surface area (Å²) in [4.78, 5) is 4.30. The van der Waals surface area contributed by atoms with E-state index in [1.165, 1.54) is 22.8 Å². The summed E-state index contributed by atoms with van der Waals surface area (Å²) >= 11 is 0. The minimum absolute atomic E-state index is 0.371. The van der Waals surface area contributed by atoms with Crippen molar-refractivity contribution in [3.05, 3.63) is 29.8 Å². The van der Waals surface area contributed by atoms with Gasteiger partial charge in [-0.2, -0.15) is 0 Å². The predicted octanol–water partition coefficient (Wildman–Crippen LogP) is 4.42. The zero-order valence-electron chi connectivity index (χ0n) is 11.7. The van der Waals surface area contributed by atoms with Crippen LogP contribution in [-0.2, 0) is 13.0 Å². The Hall–Kier alpha value is -1.52. The molecule has 0 radical (unpaired) electrons. The van der Waals surface area contributed by atoms with Gasteiger partial charge in [0.05, 0.1) is 17.6 Å². The number of benzene rings is 1. The van der Waals surface area contributed by atoms with Gasteiger partial charge in [-0.1, -0.05) is 13.8 Å². The number of fused-ring (bicyclic) bond motifs is 1. The molecule has 0 saturated heterocycles. The second kappa shape index (κ2) is 6.29. The molecule has 1 aromatic heterocycles. The van der Waals surface area contributed by atoms with Crippen LogP contribution in [0.5, 0.6) is 0 Å². The smallest absolute Gasteiger partial charge is 0.256 e. The van der Waals surface area contributed by atoms with Gasteiger partial charge in [-0.3, -0.25) is 0 Å². The van der Waals surface area contributed by atoms with Crippen LogP contribution in [0.25, 0.3) is 11.0 Å². The molecular weight excluding hydrogens is 265 g/mol. The Bertz CT molecular complexity index is 574. The monoisotopic (exact) mass is 284 g/mol. The summed E-state index contributed by atoms with van der Waals surface area (Å²) in [5, 5.41) is 0. The standard InChI is InChI=1S/C13H13F3N2.C2H6/c14-9-3-4-11-10(6-9)17-13(5-8-1-2-8)18(11)7-12(15)16;1-2/h3-4,6,8,12H,1-2,5,7H2;1-2H3. The van der Waals surface area contributed by atoms with E-state index in [4.69, 9.17) is 0 Å². The van der Waals surface area contributed by atoms with Gasteiger partial charge in [-0.05, 0) is 30.9 Å². The summed E-state index contributed by atoms with van der Waals surface area (Å²) in [6.07, 6.45) is 0.548. The summed E-state index contributed by atoms with van der Waals surface area (Å²) in [6, 6.07) is 4.11. The van der Waals surface area contributed by atoms with Crippen LogP contribution in [0, 0.1) is 11.7 Å². The van der Waals surface area contributed by atoms with E-state index in [1.807, 2.05) is 13.8 Å². The van der Waals surface area contributed by atoms with Crippen molar-refractivity contribution in [1.82, 2.24) is 9.55 Å². The van der Waals surface area contributed by atoms with Gasteiger partial charge >= 0.3 is 0 Å². The molecule has 0 aliphatic heterocycles. The van der Waals surface area contributed by atoms with E-state index >= 15 is 0 Å². The molecule has 0 amide bonds. The second-order valence-electron chi connectivity index (χ2n) is 4.81. The maximum atomic E-state index is 13.1. The number of imidazole rings is 1. The maximum Gasteiger partial charge on any atom is 0.256 e. The van der Waals surface area contributed by atoms with E-state index in [2.05, 4.69) is 4.98 Å². The molecule has 1 heterocycles. The highest BCUT2D eigenvalue weighted by molar-refractivity contribution is 5.76. The molecule has 1 aliphatic carbocycles. The van der Waals surface area contributed by atoms with Gasteiger partial charge in [0, 0.05) is 12.5 Å². The lowest BCUT2D eigenvalue weighted by molar-refractivity contribution is 0.127. The lowest BCUT2D eigenvalue weighted by Gasteiger charge is -2.07. The summed E-state index contributed by atoms with van der Waals surface area (Å²) in [5.41, 5.74) is 1.05. The number of aromatic nitrogens is 2. The zero-order chi connectivity index (χ0) is 14.7. The first-order valence-corrected chi connectivity index (χ1v) is 7.06. The molecular formula is C15H19F3N2. The Morgan fingerprint density at radius 2 is 2.00 bits per heavy atom. The molecule has 5 heteroatoms. The first-order chi connectivity index (χ1) is 9.63. The van der Waals surface area contributed by atoms with Crippen LogP contribution < -0.4 is 0 Å². The lowest BCUT2D eigenvalue weighted by atomic mass is 10.3. The van der Waals surface area contributed by atoms with Crippen molar-refractivity contribution in [1.29, 1.82) is 0 Å². The van der Waals surface area contributed by atoms with Gasteiger partial charge < -0.3 is 4.57 Å². The van der Waals surface area contributed by atoms with Crippen molar-refractivity contribution in [2.75, 3.05) is 0 Å². The van der Waals surface area contributed by atoms with Crippen LogP contribution in [0.15, 0.2) is 18.2 Å². The highest BCUT2D eigenvalue weighted by Gasteiger charge is 2.25. The van der Waals surface area contributed by atoms with Gasteiger partial charge in [0.2, 0.25) is 0 Å². The van der Waals surface area contributed by atoms with Crippen LogP contribution in [0.3, 0.4) is 0 Å². The number of halogens is 3. The van der Waals surface area contributed by atoms with E-state index in [1.54, 1.807) is 0 Å². The number of hydrogen-bond donors (Lipinski definition) is 0. The SMILES string of the molecule is CC.Fc1ccc2c(c1)nc(CC1CC1)n2CC(F)F. The Kier molecular flexibility index (Phi) is 4.68. The van der Waals surface area contributed by atoms with Crippen LogP contribution in [0.4, 0.5) is 13.2 Å². The van der Waals surface area contributed by atoms with Crippen molar-refractivity contribution in [3.8, 4) is 0 Å². The topological polar surface area (TPSA) is 17.8 Å². The maximum absolute atomic E-state index is 13.1. The van der Waals surface area contributed by atoms with Gasteiger partial charge in [0.1, 0.15) is 11.6 Å². The highest BCUT2D eigenvalue weighted by Crippen LogP contribution is 2.33. The number of hydrogen-bond acceptors (Lipinski definition) is 1. The molecule has 1 saturated carbocycles. The van der Waals surface area contributed by atoms with Crippen molar-refractivity contribution in [3.63, 3.8) is 0 Å². The number of nitrogens with zero attached hydrogens (tertiary/aromatic N) is 2. The molecule has 1 fully saturated rings. The van der Waals surface area contributed by atoms with E-state index in [0.717, 1.165) is 12.8 Å². The summed E-state index contributed by atoms with van der Waals surface area (Å²) in [6.45, 7) is 3.63. The first kappa shape index (κ1) is 14.9. The molecule has 0 spiro atoms. The number of alkyl halides is 2. The highest BCUT2D eigenvalue weighted by atomic mass is 19.3. The molecule has 0 N–H and O–H groups in total. The van der Waals surface area contributed by atoms with E-state index in [0.29, 0.717) is 29.2 Å². The Morgan fingerprint density at radius 3 is 2.60 bits per heavy atom. The first-order valence-electron chi connectivity index (χ1n) is 7.06. The summed E-state index contributed by atoms with van der Waals surface area (Å²) in [7, 11) is 0. The summed E-state index contributed by atoms with van der Waals surface area (Å²) < 4.78 is 39.9. The third-order valence-corrected chi connectivity index (χ3v) is 3.28. The minimum Gasteiger partial charge on any atom is -0.322 e. The van der Waals surface area contributed by atoms with Crippen molar-refractivity contribution in [2.24, 2.45) is 5.92 Å². The molecule has 1 aliphatic rings. The molecule has 110 valence electrons.